The number of nitrogens with one attached hydrogen (secondary N) is 1. The second kappa shape index (κ2) is 7.58. The van der Waals surface area contributed by atoms with Crippen LogP contribution in [0.15, 0.2) is 30.6 Å². The Morgan fingerprint density at radius 1 is 1.17 bits per heavy atom. The van der Waals surface area contributed by atoms with Crippen LogP contribution in [-0.4, -0.2) is 14.7 Å². The van der Waals surface area contributed by atoms with Gasteiger partial charge in [0.05, 0.1) is 0 Å². The predicted molar refractivity (Wildman–Crippen MR) is 89.3 cm³/mol. The first kappa shape index (κ1) is 17.5. The van der Waals surface area contributed by atoms with Gasteiger partial charge in [0, 0.05) is 66.0 Å². The van der Waals surface area contributed by atoms with Crippen LogP contribution in [0.3, 0.4) is 0 Å². The first-order valence-electron chi connectivity index (χ1n) is 6.72. The highest BCUT2D eigenvalue weighted by Gasteiger charge is 2.14. The van der Waals surface area contributed by atoms with Gasteiger partial charge in [0.15, 0.2) is 11.6 Å². The summed E-state index contributed by atoms with van der Waals surface area (Å²) in [6.07, 6.45) is 3.05. The molecule has 0 aliphatic heterocycles. The molecule has 1 amide bonds. The summed E-state index contributed by atoms with van der Waals surface area (Å²) in [6.45, 7) is 1.23. The lowest BCUT2D eigenvalue weighted by atomic mass is 10.0. The molecule has 1 heterocycles. The minimum Gasteiger partial charge on any atom is -0.352 e. The Kier molecular flexibility index (Phi) is 5.75. The highest BCUT2D eigenvalue weighted by Crippen LogP contribution is 2.20. The Morgan fingerprint density at radius 3 is 2.48 bits per heavy atom. The molecule has 0 bridgehead atoms. The van der Waals surface area contributed by atoms with Crippen LogP contribution in [0.1, 0.15) is 34.0 Å². The minimum atomic E-state index is -0.981. The molecule has 7 heteroatoms. The van der Waals surface area contributed by atoms with E-state index in [1.54, 1.807) is 28.7 Å². The van der Waals surface area contributed by atoms with E-state index >= 15 is 0 Å². The molecule has 120 valence electrons. The molecule has 0 aliphatic carbocycles. The van der Waals surface area contributed by atoms with E-state index in [9.17, 15) is 18.4 Å². The van der Waals surface area contributed by atoms with Crippen molar-refractivity contribution in [2.45, 2.75) is 19.9 Å². The normalized spacial score (nSPS) is 10.4. The van der Waals surface area contributed by atoms with Crippen LogP contribution < -0.4 is 5.32 Å². The summed E-state index contributed by atoms with van der Waals surface area (Å²) in [5.74, 6) is -2.26. The standard InChI is InChI=1S/C16H13F2IN2O2/c1-9(22)21-8-12-3-2-11(14(17)15(12)18)4-10-5-13(16(19)23)7-20-6-10/h2-3,5-7H,4,8H2,1H3,(H,21,22). The van der Waals surface area contributed by atoms with Crippen molar-refractivity contribution in [1.29, 1.82) is 0 Å². The summed E-state index contributed by atoms with van der Waals surface area (Å²) in [7, 11) is 0. The summed E-state index contributed by atoms with van der Waals surface area (Å²) in [5, 5.41) is 2.43. The molecular weight excluding hydrogens is 417 g/mol. The number of carbonyl (C=O) groups is 2. The summed E-state index contributed by atoms with van der Waals surface area (Å²) in [4.78, 5) is 26.1. The van der Waals surface area contributed by atoms with Crippen molar-refractivity contribution in [2.75, 3.05) is 0 Å². The van der Waals surface area contributed by atoms with Crippen LogP contribution in [-0.2, 0) is 17.8 Å². The number of pyridine rings is 1. The molecule has 1 N–H and O–H groups in total. The number of amides is 1. The minimum absolute atomic E-state index is 0.0707. The van der Waals surface area contributed by atoms with Crippen LogP contribution >= 0.6 is 22.6 Å². The van der Waals surface area contributed by atoms with E-state index in [1.807, 2.05) is 0 Å². The van der Waals surface area contributed by atoms with Crippen molar-refractivity contribution < 1.29 is 18.4 Å². The average Bonchev–Trinajstić information content (AvgIpc) is 2.51. The van der Waals surface area contributed by atoms with E-state index in [4.69, 9.17) is 0 Å². The topological polar surface area (TPSA) is 59.1 Å². The van der Waals surface area contributed by atoms with Crippen molar-refractivity contribution in [3.63, 3.8) is 0 Å². The third-order valence-corrected chi connectivity index (χ3v) is 3.81. The first-order valence-corrected chi connectivity index (χ1v) is 7.80. The van der Waals surface area contributed by atoms with Gasteiger partial charge in [-0.15, -0.1) is 0 Å². The molecule has 2 aromatic rings. The largest absolute Gasteiger partial charge is 0.352 e. The van der Waals surface area contributed by atoms with Crippen LogP contribution in [0.4, 0.5) is 8.78 Å². The number of benzene rings is 1. The first-order chi connectivity index (χ1) is 10.9. The lowest BCUT2D eigenvalue weighted by Crippen LogP contribution is -2.20. The van der Waals surface area contributed by atoms with Gasteiger partial charge in [0.2, 0.25) is 9.70 Å². The molecule has 0 aliphatic rings. The molecule has 4 nitrogen and oxygen atoms in total. The third kappa shape index (κ3) is 4.54. The highest BCUT2D eigenvalue weighted by atomic mass is 127. The van der Waals surface area contributed by atoms with Crippen molar-refractivity contribution in [3.05, 3.63) is 64.5 Å². The van der Waals surface area contributed by atoms with E-state index in [2.05, 4.69) is 10.3 Å². The van der Waals surface area contributed by atoms with Crippen molar-refractivity contribution in [1.82, 2.24) is 10.3 Å². The van der Waals surface area contributed by atoms with Gasteiger partial charge in [-0.2, -0.15) is 0 Å². The van der Waals surface area contributed by atoms with E-state index in [0.29, 0.717) is 11.1 Å². The molecule has 0 saturated carbocycles. The average molecular weight is 430 g/mol. The number of rotatable bonds is 5. The van der Waals surface area contributed by atoms with E-state index < -0.39 is 11.6 Å². The second-order valence-corrected chi connectivity index (χ2v) is 5.93. The molecule has 1 aromatic carbocycles. The number of halogens is 3. The monoisotopic (exact) mass is 430 g/mol. The van der Waals surface area contributed by atoms with Crippen LogP contribution in [0, 0.1) is 11.6 Å². The fourth-order valence-electron chi connectivity index (χ4n) is 2.03. The van der Waals surface area contributed by atoms with Crippen LogP contribution in [0.5, 0.6) is 0 Å². The van der Waals surface area contributed by atoms with E-state index in [1.165, 1.54) is 31.5 Å². The van der Waals surface area contributed by atoms with E-state index in [-0.39, 0.29) is 33.8 Å². The lowest BCUT2D eigenvalue weighted by Gasteiger charge is -2.09. The Hall–Kier alpha value is -1.90. The SMILES string of the molecule is CC(=O)NCc1ccc(Cc2cncc(C(=O)I)c2)c(F)c1F. The highest BCUT2D eigenvalue weighted by molar-refractivity contribution is 14.1. The molecule has 1 aromatic heterocycles. The number of hydrogen-bond acceptors (Lipinski definition) is 3. The van der Waals surface area contributed by atoms with Gasteiger partial charge in [0.1, 0.15) is 0 Å². The molecule has 0 atom stereocenters. The smallest absolute Gasteiger partial charge is 0.223 e. The second-order valence-electron chi connectivity index (χ2n) is 4.95. The quantitative estimate of drug-likeness (QED) is 0.586. The van der Waals surface area contributed by atoms with Crippen LogP contribution in [0.25, 0.3) is 0 Å². The number of aromatic nitrogens is 1. The maximum atomic E-state index is 14.2. The van der Waals surface area contributed by atoms with Crippen molar-refractivity contribution in [3.8, 4) is 0 Å². The zero-order chi connectivity index (χ0) is 17.0. The summed E-state index contributed by atoms with van der Waals surface area (Å²) in [6, 6.07) is 4.50. The van der Waals surface area contributed by atoms with Gasteiger partial charge >= 0.3 is 0 Å². The van der Waals surface area contributed by atoms with Gasteiger partial charge in [-0.05, 0) is 17.2 Å². The van der Waals surface area contributed by atoms with Gasteiger partial charge in [0.25, 0.3) is 0 Å². The summed E-state index contributed by atoms with van der Waals surface area (Å²) in [5.41, 5.74) is 1.26. The molecule has 0 radical (unpaired) electrons. The van der Waals surface area contributed by atoms with Crippen molar-refractivity contribution >= 4 is 32.3 Å². The Balaban J connectivity index is 2.24. The molecular formula is C16H13F2IN2O2. The fourth-order valence-corrected chi connectivity index (χ4v) is 2.33. The zero-order valence-corrected chi connectivity index (χ0v) is 14.4. The van der Waals surface area contributed by atoms with Gasteiger partial charge in [-0.1, -0.05) is 12.1 Å². The molecule has 0 fully saturated rings. The maximum absolute atomic E-state index is 14.2. The van der Waals surface area contributed by atoms with Gasteiger partial charge in [-0.25, -0.2) is 8.78 Å². The third-order valence-electron chi connectivity index (χ3n) is 3.19. The van der Waals surface area contributed by atoms with Crippen molar-refractivity contribution in [2.24, 2.45) is 0 Å². The van der Waals surface area contributed by atoms with Gasteiger partial charge < -0.3 is 5.32 Å². The number of hydrogen-bond donors (Lipinski definition) is 1. The summed E-state index contributed by atoms with van der Waals surface area (Å²) < 4.78 is 28.0. The zero-order valence-electron chi connectivity index (χ0n) is 12.2. The molecule has 0 spiro atoms. The maximum Gasteiger partial charge on any atom is 0.223 e. The number of carbonyl (C=O) groups excluding carboxylic acids is 2. The molecule has 23 heavy (non-hydrogen) atoms. The van der Waals surface area contributed by atoms with E-state index in [0.717, 1.165) is 0 Å². The Morgan fingerprint density at radius 2 is 1.83 bits per heavy atom. The Bertz CT molecular complexity index is 766. The van der Waals surface area contributed by atoms with Gasteiger partial charge in [-0.3, -0.25) is 14.6 Å². The lowest BCUT2D eigenvalue weighted by molar-refractivity contribution is -0.119. The molecule has 2 rings (SSSR count). The Labute approximate surface area is 145 Å². The molecule has 0 saturated heterocycles. The fraction of sp³-hybridized carbons (Fsp3) is 0.188. The number of nitrogens with zero attached hydrogens (tertiary/aromatic N) is 1. The molecule has 0 unspecified atom stereocenters. The predicted octanol–water partition coefficient (Wildman–Crippen LogP) is 3.16. The van der Waals surface area contributed by atoms with Crippen LogP contribution in [0.2, 0.25) is 0 Å². The summed E-state index contributed by atoms with van der Waals surface area (Å²) >= 11 is 1.64.